The minimum absolute atomic E-state index is 0.200. The molecule has 1 aromatic carbocycles. The van der Waals surface area contributed by atoms with Crippen LogP contribution in [0.25, 0.3) is 0 Å². The van der Waals surface area contributed by atoms with E-state index in [1.165, 1.54) is 6.07 Å². The van der Waals surface area contributed by atoms with Crippen molar-refractivity contribution in [3.63, 3.8) is 0 Å². The quantitative estimate of drug-likeness (QED) is 0.536. The molecule has 15 heavy (non-hydrogen) atoms. The molecule has 1 aromatic rings. The summed E-state index contributed by atoms with van der Waals surface area (Å²) in [5, 5.41) is 0. The number of halogens is 2. The fourth-order valence-corrected chi connectivity index (χ4v) is 1.90. The van der Waals surface area contributed by atoms with E-state index in [0.717, 1.165) is 25.0 Å². The van der Waals surface area contributed by atoms with E-state index in [1.807, 2.05) is 6.07 Å². The monoisotopic (exact) mass is 230 g/mol. The molecule has 0 heterocycles. The number of benzene rings is 1. The van der Waals surface area contributed by atoms with Gasteiger partial charge in [-0.3, -0.25) is 0 Å². The highest BCUT2D eigenvalue weighted by molar-refractivity contribution is 6.18. The standard InChI is InChI=1S/C12H16ClFO/c1-15-7-3-5-11(9-13)10-4-2-6-12(14)8-10/h2,4,6,8,11H,3,5,7,9H2,1H3. The Morgan fingerprint density at radius 2 is 2.27 bits per heavy atom. The number of rotatable bonds is 6. The van der Waals surface area contributed by atoms with Gasteiger partial charge in [-0.1, -0.05) is 12.1 Å². The molecule has 0 saturated carbocycles. The van der Waals surface area contributed by atoms with Crippen molar-refractivity contribution in [3.8, 4) is 0 Å². The zero-order chi connectivity index (χ0) is 11.1. The highest BCUT2D eigenvalue weighted by atomic mass is 35.5. The normalized spacial score (nSPS) is 12.7. The van der Waals surface area contributed by atoms with Gasteiger partial charge < -0.3 is 4.74 Å². The summed E-state index contributed by atoms with van der Waals surface area (Å²) in [4.78, 5) is 0. The van der Waals surface area contributed by atoms with Crippen LogP contribution < -0.4 is 0 Å². The van der Waals surface area contributed by atoms with Crippen molar-refractivity contribution in [2.24, 2.45) is 0 Å². The zero-order valence-corrected chi connectivity index (χ0v) is 9.64. The van der Waals surface area contributed by atoms with Gasteiger partial charge in [0.2, 0.25) is 0 Å². The van der Waals surface area contributed by atoms with E-state index >= 15 is 0 Å². The largest absolute Gasteiger partial charge is 0.385 e. The lowest BCUT2D eigenvalue weighted by Gasteiger charge is -2.13. The predicted octanol–water partition coefficient (Wildman–Crippen LogP) is 3.57. The molecule has 0 amide bonds. The van der Waals surface area contributed by atoms with E-state index < -0.39 is 0 Å². The molecule has 0 fully saturated rings. The first-order valence-electron chi connectivity index (χ1n) is 5.08. The van der Waals surface area contributed by atoms with Crippen LogP contribution in [-0.2, 0) is 4.74 Å². The molecule has 84 valence electrons. The van der Waals surface area contributed by atoms with Gasteiger partial charge >= 0.3 is 0 Å². The Hall–Kier alpha value is -0.600. The first kappa shape index (κ1) is 12.5. The van der Waals surface area contributed by atoms with Crippen LogP contribution in [0.2, 0.25) is 0 Å². The van der Waals surface area contributed by atoms with Crippen LogP contribution in [0.5, 0.6) is 0 Å². The maximum Gasteiger partial charge on any atom is 0.123 e. The molecule has 0 spiro atoms. The van der Waals surface area contributed by atoms with Crippen LogP contribution in [-0.4, -0.2) is 19.6 Å². The van der Waals surface area contributed by atoms with Gasteiger partial charge in [0, 0.05) is 19.6 Å². The van der Waals surface area contributed by atoms with E-state index in [1.54, 1.807) is 19.2 Å². The molecule has 0 radical (unpaired) electrons. The molecule has 0 aliphatic carbocycles. The summed E-state index contributed by atoms with van der Waals surface area (Å²) >= 11 is 5.87. The minimum Gasteiger partial charge on any atom is -0.385 e. The molecule has 0 aliphatic heterocycles. The minimum atomic E-state index is -0.200. The average molecular weight is 231 g/mol. The van der Waals surface area contributed by atoms with Crippen molar-refractivity contribution in [2.75, 3.05) is 19.6 Å². The molecule has 1 unspecified atom stereocenters. The fourth-order valence-electron chi connectivity index (χ4n) is 1.57. The summed E-state index contributed by atoms with van der Waals surface area (Å²) in [5.41, 5.74) is 0.973. The molecular weight excluding hydrogens is 215 g/mol. The highest BCUT2D eigenvalue weighted by Gasteiger charge is 2.10. The number of hydrogen-bond acceptors (Lipinski definition) is 1. The topological polar surface area (TPSA) is 9.23 Å². The Morgan fingerprint density at radius 3 is 2.87 bits per heavy atom. The van der Waals surface area contributed by atoms with Crippen LogP contribution in [0, 0.1) is 5.82 Å². The van der Waals surface area contributed by atoms with Gasteiger partial charge in [-0.25, -0.2) is 4.39 Å². The van der Waals surface area contributed by atoms with Gasteiger partial charge in [-0.2, -0.15) is 0 Å². The molecule has 0 aromatic heterocycles. The molecule has 0 aliphatic rings. The third-order valence-electron chi connectivity index (χ3n) is 2.41. The van der Waals surface area contributed by atoms with Crippen LogP contribution in [0.4, 0.5) is 4.39 Å². The Kier molecular flexibility index (Phi) is 5.66. The molecule has 0 N–H and O–H groups in total. The third-order valence-corrected chi connectivity index (χ3v) is 2.78. The van der Waals surface area contributed by atoms with Crippen molar-refractivity contribution in [1.82, 2.24) is 0 Å². The zero-order valence-electron chi connectivity index (χ0n) is 8.88. The van der Waals surface area contributed by atoms with Crippen molar-refractivity contribution in [2.45, 2.75) is 18.8 Å². The number of hydrogen-bond donors (Lipinski definition) is 0. The van der Waals surface area contributed by atoms with Crippen molar-refractivity contribution < 1.29 is 9.13 Å². The summed E-state index contributed by atoms with van der Waals surface area (Å²) < 4.78 is 18.0. The second kappa shape index (κ2) is 6.81. The Bertz CT molecular complexity index is 291. The first-order chi connectivity index (χ1) is 7.27. The second-order valence-corrected chi connectivity index (χ2v) is 3.85. The molecule has 1 nitrogen and oxygen atoms in total. The second-order valence-electron chi connectivity index (χ2n) is 3.54. The van der Waals surface area contributed by atoms with Crippen molar-refractivity contribution in [3.05, 3.63) is 35.6 Å². The third kappa shape index (κ3) is 4.18. The Labute approximate surface area is 95.2 Å². The molecule has 3 heteroatoms. The van der Waals surface area contributed by atoms with E-state index in [2.05, 4.69) is 0 Å². The molecule has 0 bridgehead atoms. The van der Waals surface area contributed by atoms with Crippen molar-refractivity contribution >= 4 is 11.6 Å². The maximum atomic E-state index is 13.0. The van der Waals surface area contributed by atoms with Crippen LogP contribution in [0.1, 0.15) is 24.3 Å². The molecule has 1 rings (SSSR count). The molecule has 0 saturated heterocycles. The summed E-state index contributed by atoms with van der Waals surface area (Å²) in [6, 6.07) is 6.65. The summed E-state index contributed by atoms with van der Waals surface area (Å²) in [6.07, 6.45) is 1.88. The van der Waals surface area contributed by atoms with E-state index in [4.69, 9.17) is 16.3 Å². The average Bonchev–Trinajstić information content (AvgIpc) is 2.24. The Balaban J connectivity index is 2.57. The van der Waals surface area contributed by atoms with Gasteiger partial charge in [0.05, 0.1) is 0 Å². The van der Waals surface area contributed by atoms with Gasteiger partial charge in [0.15, 0.2) is 0 Å². The number of methoxy groups -OCH3 is 1. The predicted molar refractivity (Wildman–Crippen MR) is 61.0 cm³/mol. The lowest BCUT2D eigenvalue weighted by molar-refractivity contribution is 0.191. The first-order valence-corrected chi connectivity index (χ1v) is 5.61. The SMILES string of the molecule is COCCCC(CCl)c1cccc(F)c1. The van der Waals surface area contributed by atoms with Crippen LogP contribution in [0.3, 0.4) is 0 Å². The summed E-state index contributed by atoms with van der Waals surface area (Å²) in [6.45, 7) is 0.725. The van der Waals surface area contributed by atoms with Crippen LogP contribution in [0.15, 0.2) is 24.3 Å². The van der Waals surface area contributed by atoms with Gasteiger partial charge in [-0.15, -0.1) is 11.6 Å². The lowest BCUT2D eigenvalue weighted by Crippen LogP contribution is -2.03. The Morgan fingerprint density at radius 1 is 1.47 bits per heavy atom. The fraction of sp³-hybridized carbons (Fsp3) is 0.500. The summed E-state index contributed by atoms with van der Waals surface area (Å²) in [7, 11) is 1.68. The number of alkyl halides is 1. The van der Waals surface area contributed by atoms with E-state index in [-0.39, 0.29) is 11.7 Å². The van der Waals surface area contributed by atoms with Crippen LogP contribution >= 0.6 is 11.6 Å². The van der Waals surface area contributed by atoms with E-state index in [9.17, 15) is 4.39 Å². The van der Waals surface area contributed by atoms with Crippen molar-refractivity contribution in [1.29, 1.82) is 0 Å². The highest BCUT2D eigenvalue weighted by Crippen LogP contribution is 2.23. The smallest absolute Gasteiger partial charge is 0.123 e. The van der Waals surface area contributed by atoms with Gasteiger partial charge in [0.1, 0.15) is 5.82 Å². The summed E-state index contributed by atoms with van der Waals surface area (Å²) in [5.74, 6) is 0.541. The van der Waals surface area contributed by atoms with E-state index in [0.29, 0.717) is 5.88 Å². The van der Waals surface area contributed by atoms with Gasteiger partial charge in [-0.05, 0) is 36.5 Å². The maximum absolute atomic E-state index is 13.0. The lowest BCUT2D eigenvalue weighted by atomic mass is 9.96. The molecule has 1 atom stereocenters. The number of ether oxygens (including phenoxy) is 1. The van der Waals surface area contributed by atoms with Gasteiger partial charge in [0.25, 0.3) is 0 Å². The molecular formula is C12H16ClFO.